The van der Waals surface area contributed by atoms with Crippen LogP contribution in [-0.2, 0) is 35.3 Å². The Morgan fingerprint density at radius 2 is 1.82 bits per heavy atom. The lowest BCUT2D eigenvalue weighted by Crippen LogP contribution is -2.51. The lowest BCUT2D eigenvalue weighted by molar-refractivity contribution is -0.142. The number of hydrogen-bond donors (Lipinski definition) is 3. The van der Waals surface area contributed by atoms with Crippen LogP contribution in [0.1, 0.15) is 45.1 Å². The second kappa shape index (κ2) is 17.2. The molecule has 2 aliphatic heterocycles. The summed E-state index contributed by atoms with van der Waals surface area (Å²) in [5.41, 5.74) is 1.28. The van der Waals surface area contributed by atoms with E-state index in [1.807, 2.05) is 36.0 Å². The molecular weight excluding hydrogens is 665 g/mol. The number of fused-ring (bicyclic) bond motifs is 1. The van der Waals surface area contributed by atoms with Gasteiger partial charge in [0.1, 0.15) is 30.0 Å². The molecule has 0 bridgehead atoms. The van der Waals surface area contributed by atoms with Crippen molar-refractivity contribution in [1.82, 2.24) is 25.8 Å². The SMILES string of the molecule is CSCCC(NC=O)C(=O)NC(CC(C)C)C(=O)Oc1ccc(COC(=O)C2=CN(C3CC3)C3C=C(N4CCNCC4)C(F)C=C3C2=O)cc1. The summed E-state index contributed by atoms with van der Waals surface area (Å²) in [6.45, 7) is 6.60. The highest BCUT2D eigenvalue weighted by atomic mass is 32.2. The first kappa shape index (κ1) is 37.1. The molecule has 12 nitrogen and oxygen atoms in total. The van der Waals surface area contributed by atoms with Gasteiger partial charge in [-0.15, -0.1) is 0 Å². The third-order valence-corrected chi connectivity index (χ3v) is 9.69. The van der Waals surface area contributed by atoms with Gasteiger partial charge in [-0.3, -0.25) is 14.4 Å². The van der Waals surface area contributed by atoms with Crippen LogP contribution in [0.15, 0.2) is 59.5 Å². The molecule has 1 saturated heterocycles. The van der Waals surface area contributed by atoms with Crippen molar-refractivity contribution in [2.75, 3.05) is 38.2 Å². The van der Waals surface area contributed by atoms with E-state index in [9.17, 15) is 24.0 Å². The van der Waals surface area contributed by atoms with E-state index < -0.39 is 47.9 Å². The van der Waals surface area contributed by atoms with Crippen molar-refractivity contribution >= 4 is 41.8 Å². The Balaban J connectivity index is 1.20. The molecule has 4 unspecified atom stereocenters. The maximum absolute atomic E-state index is 15.4. The second-order valence-corrected chi connectivity index (χ2v) is 14.3. The zero-order chi connectivity index (χ0) is 35.8. The van der Waals surface area contributed by atoms with Gasteiger partial charge in [-0.2, -0.15) is 11.8 Å². The fraction of sp³-hybridized carbons (Fsp3) is 0.528. The number of alkyl halides is 1. The summed E-state index contributed by atoms with van der Waals surface area (Å²) in [7, 11) is 0. The quantitative estimate of drug-likeness (QED) is 0.101. The molecule has 2 fully saturated rings. The normalized spacial score (nSPS) is 21.6. The molecule has 2 heterocycles. The van der Waals surface area contributed by atoms with Gasteiger partial charge in [-0.05, 0) is 73.5 Å². The van der Waals surface area contributed by atoms with Gasteiger partial charge in [0, 0.05) is 44.0 Å². The molecule has 4 aliphatic rings. The molecule has 0 spiro atoms. The average Bonchev–Trinajstić information content (AvgIpc) is 3.95. The van der Waals surface area contributed by atoms with Gasteiger partial charge in [-0.1, -0.05) is 26.0 Å². The van der Waals surface area contributed by atoms with Crippen LogP contribution in [0.3, 0.4) is 0 Å². The van der Waals surface area contributed by atoms with Gasteiger partial charge in [0.2, 0.25) is 12.3 Å². The number of benzene rings is 1. The molecule has 0 aromatic heterocycles. The minimum absolute atomic E-state index is 0.0704. The highest BCUT2D eigenvalue weighted by molar-refractivity contribution is 7.98. The second-order valence-electron chi connectivity index (χ2n) is 13.3. The number of carbonyl (C=O) groups is 5. The highest BCUT2D eigenvalue weighted by Gasteiger charge is 2.44. The number of esters is 2. The fourth-order valence-corrected chi connectivity index (χ4v) is 6.74. The number of halogens is 1. The van der Waals surface area contributed by atoms with E-state index in [1.165, 1.54) is 6.08 Å². The molecule has 5 rings (SSSR count). The molecular formula is C36H46FN5O7S. The molecule has 2 aliphatic carbocycles. The summed E-state index contributed by atoms with van der Waals surface area (Å²) >= 11 is 1.54. The van der Waals surface area contributed by atoms with Gasteiger partial charge in [0.05, 0.1) is 11.7 Å². The van der Waals surface area contributed by atoms with Gasteiger partial charge < -0.3 is 35.2 Å². The maximum Gasteiger partial charge on any atom is 0.343 e. The first-order chi connectivity index (χ1) is 24.1. The van der Waals surface area contributed by atoms with E-state index in [0.717, 1.165) is 25.9 Å². The van der Waals surface area contributed by atoms with Gasteiger partial charge in [-0.25, -0.2) is 14.0 Å². The van der Waals surface area contributed by atoms with E-state index in [-0.39, 0.29) is 35.5 Å². The molecule has 3 N–H and O–H groups in total. The minimum Gasteiger partial charge on any atom is -0.457 e. The zero-order valence-corrected chi connectivity index (χ0v) is 29.5. The Morgan fingerprint density at radius 3 is 2.46 bits per heavy atom. The van der Waals surface area contributed by atoms with Gasteiger partial charge in [0.25, 0.3) is 0 Å². The number of thioether (sulfide) groups is 1. The summed E-state index contributed by atoms with van der Waals surface area (Å²) in [5.74, 6) is -1.49. The van der Waals surface area contributed by atoms with Crippen LogP contribution in [0.25, 0.3) is 0 Å². The monoisotopic (exact) mass is 711 g/mol. The average molecular weight is 712 g/mol. The van der Waals surface area contributed by atoms with E-state index >= 15 is 4.39 Å². The number of nitrogens with one attached hydrogen (secondary N) is 3. The van der Waals surface area contributed by atoms with Crippen molar-refractivity contribution in [3.63, 3.8) is 0 Å². The number of piperazine rings is 1. The van der Waals surface area contributed by atoms with Gasteiger partial charge in [0.15, 0.2) is 12.0 Å². The molecule has 1 aromatic rings. The van der Waals surface area contributed by atoms with Crippen molar-refractivity contribution in [1.29, 1.82) is 0 Å². The summed E-state index contributed by atoms with van der Waals surface area (Å²) in [4.78, 5) is 67.7. The van der Waals surface area contributed by atoms with Crippen LogP contribution >= 0.6 is 11.8 Å². The molecule has 1 saturated carbocycles. The minimum atomic E-state index is -1.44. The number of ketones is 1. The first-order valence-electron chi connectivity index (χ1n) is 17.1. The lowest BCUT2D eigenvalue weighted by Gasteiger charge is -2.40. The van der Waals surface area contributed by atoms with E-state index in [0.29, 0.717) is 49.4 Å². The molecule has 270 valence electrons. The van der Waals surface area contributed by atoms with Crippen LogP contribution in [0, 0.1) is 5.92 Å². The largest absolute Gasteiger partial charge is 0.457 e. The fourth-order valence-electron chi connectivity index (χ4n) is 6.27. The first-order valence-corrected chi connectivity index (χ1v) is 18.5. The van der Waals surface area contributed by atoms with Crippen LogP contribution in [-0.4, -0.2) is 108 Å². The number of nitrogens with zero attached hydrogens (tertiary/aromatic N) is 2. The Kier molecular flexibility index (Phi) is 12.7. The third kappa shape index (κ3) is 9.33. The Morgan fingerprint density at radius 1 is 1.10 bits per heavy atom. The predicted octanol–water partition coefficient (Wildman–Crippen LogP) is 2.40. The Bertz CT molecular complexity index is 1520. The van der Waals surface area contributed by atoms with Crippen molar-refractivity contribution in [3.05, 3.63) is 65.0 Å². The maximum atomic E-state index is 15.4. The number of ether oxygens (including phenoxy) is 2. The summed E-state index contributed by atoms with van der Waals surface area (Å²) in [6, 6.07) is 4.38. The number of allylic oxidation sites excluding steroid dienone is 1. The van der Waals surface area contributed by atoms with E-state index in [2.05, 4.69) is 16.0 Å². The van der Waals surface area contributed by atoms with E-state index in [1.54, 1.807) is 42.2 Å². The molecule has 2 amide bonds. The van der Waals surface area contributed by atoms with Crippen molar-refractivity contribution in [3.8, 4) is 5.75 Å². The highest BCUT2D eigenvalue weighted by Crippen LogP contribution is 2.39. The van der Waals surface area contributed by atoms with Gasteiger partial charge >= 0.3 is 11.9 Å². The van der Waals surface area contributed by atoms with E-state index in [4.69, 9.17) is 9.47 Å². The van der Waals surface area contributed by atoms with Crippen molar-refractivity contribution in [2.45, 2.75) is 76.5 Å². The third-order valence-electron chi connectivity index (χ3n) is 9.05. The molecule has 50 heavy (non-hydrogen) atoms. The Hall–Kier alpha value is -4.17. The number of amides is 2. The molecule has 0 radical (unpaired) electrons. The topological polar surface area (TPSA) is 146 Å². The Labute approximate surface area is 296 Å². The predicted molar refractivity (Wildman–Crippen MR) is 186 cm³/mol. The van der Waals surface area contributed by atoms with Crippen molar-refractivity contribution in [2.24, 2.45) is 5.92 Å². The number of Topliss-reactive ketones (excluding diaryl/α,β-unsaturated/α-hetero) is 1. The van der Waals surface area contributed by atoms with Crippen molar-refractivity contribution < 1.29 is 37.8 Å². The summed E-state index contributed by atoms with van der Waals surface area (Å²) in [5, 5.41) is 8.50. The molecule has 1 aromatic carbocycles. The summed E-state index contributed by atoms with van der Waals surface area (Å²) < 4.78 is 26.5. The summed E-state index contributed by atoms with van der Waals surface area (Å²) in [6.07, 6.45) is 8.27. The van der Waals surface area contributed by atoms with Crippen LogP contribution in [0.4, 0.5) is 4.39 Å². The number of carbonyl (C=O) groups excluding carboxylic acids is 5. The number of hydrogen-bond acceptors (Lipinski definition) is 11. The van der Waals surface area contributed by atoms with Crippen LogP contribution in [0.5, 0.6) is 5.75 Å². The standard InChI is InChI=1S/C36H46FN5O7S/c1-22(2)16-30(40-34(45)29(39-21-43)10-15-50-3)36(47)49-25-8-4-23(5-9-25)20-48-35(46)27-19-42(24-6-7-24)31-18-32(41-13-11-38-12-14-41)28(37)17-26(31)33(27)44/h4-5,8-9,17-19,21-22,24,28-31,38H,6-7,10-16,20H2,1-3H3,(H,39,43)(H,40,45). The smallest absolute Gasteiger partial charge is 0.343 e. The molecule has 14 heteroatoms. The zero-order valence-electron chi connectivity index (χ0n) is 28.7. The lowest BCUT2D eigenvalue weighted by atomic mass is 9.86. The van der Waals surface area contributed by atoms with Crippen LogP contribution in [0.2, 0.25) is 0 Å². The molecule has 4 atom stereocenters. The van der Waals surface area contributed by atoms with Crippen LogP contribution < -0.4 is 20.7 Å². The number of rotatable bonds is 16.